The molecule has 1 saturated carbocycles. The zero-order chi connectivity index (χ0) is 22.8. The van der Waals surface area contributed by atoms with Crippen molar-refractivity contribution in [2.24, 2.45) is 0 Å². The maximum absolute atomic E-state index is 13.0. The lowest BCUT2D eigenvalue weighted by Crippen LogP contribution is -2.40. The maximum Gasteiger partial charge on any atom is 0.254 e. The van der Waals surface area contributed by atoms with Crippen LogP contribution in [0.15, 0.2) is 55.0 Å². The molecule has 1 saturated heterocycles. The molecule has 1 aromatic carbocycles. The van der Waals surface area contributed by atoms with Crippen molar-refractivity contribution in [2.45, 2.75) is 32.1 Å². The minimum atomic E-state index is 0.0641. The number of aromatic nitrogens is 3. The zero-order valence-corrected chi connectivity index (χ0v) is 19.2. The highest BCUT2D eigenvalue weighted by atomic mass is 16.5. The third kappa shape index (κ3) is 3.97. The Labute approximate surface area is 194 Å². The molecule has 1 spiro atoms. The maximum atomic E-state index is 13.0. The highest BCUT2D eigenvalue weighted by Gasteiger charge is 2.52. The van der Waals surface area contributed by atoms with Gasteiger partial charge < -0.3 is 14.5 Å². The van der Waals surface area contributed by atoms with Gasteiger partial charge in [-0.25, -0.2) is 9.97 Å². The molecule has 1 amide bonds. The van der Waals surface area contributed by atoms with Crippen molar-refractivity contribution in [1.29, 1.82) is 0 Å². The van der Waals surface area contributed by atoms with E-state index >= 15 is 0 Å². The molecule has 2 aliphatic heterocycles. The number of fused-ring (bicyclic) bond motifs is 2. The summed E-state index contributed by atoms with van der Waals surface area (Å²) in [6, 6.07) is 11.9. The number of hydrogen-bond acceptors (Lipinski definition) is 6. The van der Waals surface area contributed by atoms with Gasteiger partial charge in [-0.3, -0.25) is 9.78 Å². The zero-order valence-electron chi connectivity index (χ0n) is 19.2. The lowest BCUT2D eigenvalue weighted by Gasteiger charge is -2.27. The van der Waals surface area contributed by atoms with E-state index in [2.05, 4.69) is 25.9 Å². The number of amides is 1. The second-order valence-corrected chi connectivity index (χ2v) is 8.49. The number of benzene rings is 1. The summed E-state index contributed by atoms with van der Waals surface area (Å²) in [6.07, 6.45) is 7.75. The van der Waals surface area contributed by atoms with Gasteiger partial charge in [0.25, 0.3) is 5.91 Å². The van der Waals surface area contributed by atoms with E-state index in [0.29, 0.717) is 37.8 Å². The number of carbonyl (C=O) groups is 1. The van der Waals surface area contributed by atoms with Crippen LogP contribution in [0.3, 0.4) is 0 Å². The SMILES string of the molecule is CC.O=C(c1ccc2c(c1)N(c1ncc(-c3ccccn3)cn1)CC21CC1)N1CCOCC1. The predicted molar refractivity (Wildman–Crippen MR) is 128 cm³/mol. The Kier molecular flexibility index (Phi) is 5.81. The average Bonchev–Trinajstić information content (AvgIpc) is 3.62. The van der Waals surface area contributed by atoms with Crippen LogP contribution in [0.5, 0.6) is 0 Å². The Balaban J connectivity index is 0.00000111. The van der Waals surface area contributed by atoms with E-state index in [4.69, 9.17) is 4.74 Å². The number of carbonyl (C=O) groups excluding carboxylic acids is 1. The van der Waals surface area contributed by atoms with Gasteiger partial charge in [0.2, 0.25) is 5.95 Å². The summed E-state index contributed by atoms with van der Waals surface area (Å²) < 4.78 is 5.39. The van der Waals surface area contributed by atoms with Crippen LogP contribution in [0, 0.1) is 0 Å². The Morgan fingerprint density at radius 2 is 1.76 bits per heavy atom. The van der Waals surface area contributed by atoms with Gasteiger partial charge >= 0.3 is 0 Å². The summed E-state index contributed by atoms with van der Waals surface area (Å²) in [4.78, 5) is 30.8. The third-order valence-corrected chi connectivity index (χ3v) is 6.56. The summed E-state index contributed by atoms with van der Waals surface area (Å²) in [7, 11) is 0. The normalized spacial score (nSPS) is 17.9. The molecular formula is C26H29N5O2. The monoisotopic (exact) mass is 443 g/mol. The lowest BCUT2D eigenvalue weighted by atomic mass is 9.97. The van der Waals surface area contributed by atoms with Crippen LogP contribution in [0.4, 0.5) is 11.6 Å². The van der Waals surface area contributed by atoms with Crippen LogP contribution in [-0.2, 0) is 10.2 Å². The molecule has 0 atom stereocenters. The van der Waals surface area contributed by atoms with E-state index in [0.717, 1.165) is 23.5 Å². The van der Waals surface area contributed by atoms with Gasteiger partial charge in [0.1, 0.15) is 0 Å². The molecule has 0 bridgehead atoms. The summed E-state index contributed by atoms with van der Waals surface area (Å²) in [5.41, 5.74) is 5.01. The largest absolute Gasteiger partial charge is 0.378 e. The molecule has 0 radical (unpaired) electrons. The number of nitrogens with zero attached hydrogens (tertiary/aromatic N) is 5. The molecule has 1 aliphatic carbocycles. The summed E-state index contributed by atoms with van der Waals surface area (Å²) in [5, 5.41) is 0. The van der Waals surface area contributed by atoms with Crippen molar-refractivity contribution in [3.8, 4) is 11.3 Å². The number of rotatable bonds is 3. The number of pyridine rings is 1. The first kappa shape index (κ1) is 21.5. The standard InChI is InChI=1S/C24H23N5O2.C2H6/c30-22(28-9-11-31-12-10-28)17-4-5-19-21(13-17)29(16-24(19)6-7-24)23-26-14-18(15-27-23)20-3-1-2-8-25-20;1-2/h1-5,8,13-15H,6-7,9-12,16H2;1-2H3. The Bertz CT molecular complexity index is 1120. The second-order valence-electron chi connectivity index (χ2n) is 8.49. The van der Waals surface area contributed by atoms with Gasteiger partial charge in [0.05, 0.1) is 18.9 Å². The Morgan fingerprint density at radius 1 is 1.00 bits per heavy atom. The molecule has 2 fully saturated rings. The number of anilines is 2. The van der Waals surface area contributed by atoms with E-state index in [1.54, 1.807) is 6.20 Å². The molecule has 7 heteroatoms. The van der Waals surface area contributed by atoms with Crippen molar-refractivity contribution < 1.29 is 9.53 Å². The van der Waals surface area contributed by atoms with Crippen molar-refractivity contribution in [3.63, 3.8) is 0 Å². The summed E-state index contributed by atoms with van der Waals surface area (Å²) in [6.45, 7) is 7.34. The molecule has 3 aromatic rings. The molecule has 170 valence electrons. The first-order valence-electron chi connectivity index (χ1n) is 11.8. The molecule has 3 aliphatic rings. The second kappa shape index (κ2) is 8.90. The minimum Gasteiger partial charge on any atom is -0.378 e. The molecule has 0 N–H and O–H groups in total. The average molecular weight is 444 g/mol. The highest BCUT2D eigenvalue weighted by Crippen LogP contribution is 2.57. The van der Waals surface area contributed by atoms with Crippen molar-refractivity contribution in [3.05, 3.63) is 66.1 Å². The molecule has 33 heavy (non-hydrogen) atoms. The van der Waals surface area contributed by atoms with E-state index in [1.165, 1.54) is 18.4 Å². The highest BCUT2D eigenvalue weighted by molar-refractivity contribution is 5.96. The predicted octanol–water partition coefficient (Wildman–Crippen LogP) is 4.22. The van der Waals surface area contributed by atoms with Crippen LogP contribution < -0.4 is 4.90 Å². The van der Waals surface area contributed by atoms with Crippen molar-refractivity contribution in [2.75, 3.05) is 37.7 Å². The fourth-order valence-electron chi connectivity index (χ4n) is 4.64. The fraction of sp³-hybridized carbons (Fsp3) is 0.385. The van der Waals surface area contributed by atoms with E-state index in [9.17, 15) is 4.79 Å². The smallest absolute Gasteiger partial charge is 0.254 e. The van der Waals surface area contributed by atoms with E-state index in [-0.39, 0.29) is 11.3 Å². The van der Waals surface area contributed by atoms with E-state index < -0.39 is 0 Å². The van der Waals surface area contributed by atoms with Gasteiger partial charge in [-0.15, -0.1) is 0 Å². The van der Waals surface area contributed by atoms with Gasteiger partial charge in [-0.1, -0.05) is 26.0 Å². The van der Waals surface area contributed by atoms with Crippen molar-refractivity contribution in [1.82, 2.24) is 19.9 Å². The van der Waals surface area contributed by atoms with Gasteiger partial charge in [-0.2, -0.15) is 0 Å². The van der Waals surface area contributed by atoms with Crippen LogP contribution in [0.1, 0.15) is 42.6 Å². The number of ether oxygens (including phenoxy) is 1. The van der Waals surface area contributed by atoms with Gasteiger partial charge in [0, 0.05) is 60.5 Å². The topological polar surface area (TPSA) is 71.5 Å². The van der Waals surface area contributed by atoms with Crippen LogP contribution in [0.25, 0.3) is 11.3 Å². The molecule has 2 aromatic heterocycles. The van der Waals surface area contributed by atoms with Crippen LogP contribution in [-0.4, -0.2) is 58.6 Å². The third-order valence-electron chi connectivity index (χ3n) is 6.56. The minimum absolute atomic E-state index is 0.0641. The van der Waals surface area contributed by atoms with E-state index in [1.807, 2.05) is 61.5 Å². The molecular weight excluding hydrogens is 414 g/mol. The Hall–Kier alpha value is -3.32. The summed E-state index contributed by atoms with van der Waals surface area (Å²) >= 11 is 0. The number of morpholine rings is 1. The quantitative estimate of drug-likeness (QED) is 0.604. The van der Waals surface area contributed by atoms with Crippen molar-refractivity contribution >= 4 is 17.5 Å². The lowest BCUT2D eigenvalue weighted by molar-refractivity contribution is 0.0303. The first-order valence-corrected chi connectivity index (χ1v) is 11.8. The molecule has 4 heterocycles. The van der Waals surface area contributed by atoms with Gasteiger partial charge in [-0.05, 0) is 42.7 Å². The fourth-order valence-corrected chi connectivity index (χ4v) is 4.64. The molecule has 6 rings (SSSR count). The van der Waals surface area contributed by atoms with Gasteiger partial charge in [0.15, 0.2) is 0 Å². The first-order chi connectivity index (χ1) is 16.2. The Morgan fingerprint density at radius 3 is 2.42 bits per heavy atom. The number of hydrogen-bond donors (Lipinski definition) is 0. The summed E-state index contributed by atoms with van der Waals surface area (Å²) in [5.74, 6) is 0.731. The molecule has 0 unspecified atom stereocenters. The van der Waals surface area contributed by atoms with Crippen LogP contribution in [0.2, 0.25) is 0 Å². The van der Waals surface area contributed by atoms with Crippen LogP contribution >= 0.6 is 0 Å². The molecule has 7 nitrogen and oxygen atoms in total.